The maximum absolute atomic E-state index is 12.0. The van der Waals surface area contributed by atoms with E-state index in [0.717, 1.165) is 0 Å². The van der Waals surface area contributed by atoms with Crippen LogP contribution in [0, 0.1) is 0 Å². The molecule has 0 N–H and O–H groups in total. The summed E-state index contributed by atoms with van der Waals surface area (Å²) in [5, 5.41) is 24.6. The number of hydrogen-bond donors (Lipinski definition) is 0. The minimum atomic E-state index is -0.597. The van der Waals surface area contributed by atoms with Crippen LogP contribution >= 0.6 is 0 Å². The van der Waals surface area contributed by atoms with Crippen molar-refractivity contribution in [1.82, 2.24) is 9.97 Å². The molecule has 0 aliphatic carbocycles. The third-order valence-corrected chi connectivity index (χ3v) is 6.72. The minimum Gasteiger partial charge on any atom is -0.867 e. The Kier molecular flexibility index (Phi) is 13.2. The predicted molar refractivity (Wildman–Crippen MR) is 183 cm³/mol. The van der Waals surface area contributed by atoms with E-state index < -0.39 is 22.4 Å². The average Bonchev–Trinajstić information content (AvgIpc) is 3.17. The quantitative estimate of drug-likeness (QED) is 0.174. The summed E-state index contributed by atoms with van der Waals surface area (Å²) in [6.07, 6.45) is 7.00. The SMILES string of the molecule is O=c1c([O-])c(-c2ccccc2)oc2ccccc12.O=c1c([O-])c(-c2ccccc2)oc2ccccc12.[Mn+2].c1ccncc1.c1ccncc1. The fourth-order valence-electron chi connectivity index (χ4n) is 4.43. The normalized spacial score (nSPS) is 9.80. The van der Waals surface area contributed by atoms with Crippen molar-refractivity contribution in [2.75, 3.05) is 0 Å². The second-order valence-electron chi connectivity index (χ2n) is 9.95. The van der Waals surface area contributed by atoms with Gasteiger partial charge in [0.05, 0.1) is 10.8 Å². The molecule has 8 rings (SSSR count). The van der Waals surface area contributed by atoms with E-state index >= 15 is 0 Å². The van der Waals surface area contributed by atoms with Gasteiger partial charge < -0.3 is 19.0 Å². The smallest absolute Gasteiger partial charge is 0.867 e. The van der Waals surface area contributed by atoms with Gasteiger partial charge in [0.2, 0.25) is 0 Å². The van der Waals surface area contributed by atoms with Crippen LogP contribution in [0.3, 0.4) is 0 Å². The van der Waals surface area contributed by atoms with Crippen molar-refractivity contribution in [3.05, 3.63) is 191 Å². The monoisotopic (exact) mass is 687 g/mol. The molecule has 8 aromatic rings. The van der Waals surface area contributed by atoms with E-state index in [1.54, 1.807) is 122 Å². The second kappa shape index (κ2) is 18.2. The van der Waals surface area contributed by atoms with E-state index in [1.165, 1.54) is 0 Å². The van der Waals surface area contributed by atoms with Gasteiger partial charge in [0.1, 0.15) is 22.7 Å². The molecule has 0 saturated carbocycles. The van der Waals surface area contributed by atoms with E-state index in [2.05, 4.69) is 9.97 Å². The third-order valence-electron chi connectivity index (χ3n) is 6.72. The molecule has 4 aromatic carbocycles. The van der Waals surface area contributed by atoms with Gasteiger partial charge in [0, 0.05) is 35.9 Å². The zero-order valence-corrected chi connectivity index (χ0v) is 27.1. The molecule has 49 heavy (non-hydrogen) atoms. The molecule has 1 radical (unpaired) electrons. The van der Waals surface area contributed by atoms with Crippen molar-refractivity contribution < 1.29 is 36.1 Å². The van der Waals surface area contributed by atoms with Gasteiger partial charge >= 0.3 is 17.1 Å². The van der Waals surface area contributed by atoms with Gasteiger partial charge in [-0.25, -0.2) is 0 Å². The van der Waals surface area contributed by atoms with Crippen LogP contribution in [0.1, 0.15) is 0 Å². The summed E-state index contributed by atoms with van der Waals surface area (Å²) >= 11 is 0. The molecule has 0 aliphatic heterocycles. The van der Waals surface area contributed by atoms with E-state index in [9.17, 15) is 19.8 Å². The van der Waals surface area contributed by atoms with E-state index in [1.807, 2.05) is 48.5 Å². The summed E-state index contributed by atoms with van der Waals surface area (Å²) < 4.78 is 11.1. The number of fused-ring (bicyclic) bond motifs is 2. The number of pyridine rings is 2. The number of benzene rings is 4. The fourth-order valence-corrected chi connectivity index (χ4v) is 4.43. The van der Waals surface area contributed by atoms with Crippen molar-refractivity contribution in [3.8, 4) is 34.1 Å². The molecule has 0 amide bonds. The molecule has 0 spiro atoms. The van der Waals surface area contributed by atoms with Crippen LogP contribution in [-0.4, -0.2) is 9.97 Å². The molecule has 4 aromatic heterocycles. The first-order valence-corrected chi connectivity index (χ1v) is 14.8. The molecule has 0 unspecified atom stereocenters. The number of aromatic nitrogens is 2. The van der Waals surface area contributed by atoms with Gasteiger partial charge in [0.25, 0.3) is 0 Å². The van der Waals surface area contributed by atoms with Gasteiger partial charge in [-0.3, -0.25) is 19.6 Å². The van der Waals surface area contributed by atoms with Crippen LogP contribution in [0.25, 0.3) is 44.6 Å². The summed E-state index contributed by atoms with van der Waals surface area (Å²) in [6.45, 7) is 0. The van der Waals surface area contributed by atoms with Crippen LogP contribution < -0.4 is 21.1 Å². The van der Waals surface area contributed by atoms with Gasteiger partial charge in [-0.05, 0) is 60.0 Å². The zero-order chi connectivity index (χ0) is 33.6. The van der Waals surface area contributed by atoms with Crippen LogP contribution in [0.15, 0.2) is 189 Å². The summed E-state index contributed by atoms with van der Waals surface area (Å²) in [4.78, 5) is 31.5. The molecule has 0 fully saturated rings. The number of rotatable bonds is 2. The first-order valence-electron chi connectivity index (χ1n) is 14.8. The van der Waals surface area contributed by atoms with E-state index in [4.69, 9.17) is 8.83 Å². The Labute approximate surface area is 292 Å². The molecule has 0 saturated heterocycles. The largest absolute Gasteiger partial charge is 2.00 e. The Morgan fingerprint density at radius 3 is 1.02 bits per heavy atom. The first kappa shape index (κ1) is 35.6. The average molecular weight is 688 g/mol. The summed E-state index contributed by atoms with van der Waals surface area (Å²) in [7, 11) is 0. The van der Waals surface area contributed by atoms with E-state index in [0.29, 0.717) is 33.1 Å². The molecule has 0 atom stereocenters. The maximum Gasteiger partial charge on any atom is 2.00 e. The summed E-state index contributed by atoms with van der Waals surface area (Å²) in [5.41, 5.74) is 1.06. The fraction of sp³-hybridized carbons (Fsp3) is 0. The number of para-hydroxylation sites is 2. The van der Waals surface area contributed by atoms with Crippen molar-refractivity contribution in [2.45, 2.75) is 0 Å². The molecule has 0 aliphatic rings. The van der Waals surface area contributed by atoms with Crippen LogP contribution in [0.4, 0.5) is 0 Å². The maximum atomic E-state index is 12.0. The Morgan fingerprint density at radius 2 is 0.714 bits per heavy atom. The first-order chi connectivity index (χ1) is 23.5. The van der Waals surface area contributed by atoms with Crippen molar-refractivity contribution in [2.24, 2.45) is 0 Å². The van der Waals surface area contributed by atoms with Crippen LogP contribution in [0.5, 0.6) is 11.5 Å². The topological polar surface area (TPSA) is 132 Å². The van der Waals surface area contributed by atoms with Gasteiger partial charge in [-0.1, -0.05) is 97.1 Å². The van der Waals surface area contributed by atoms with Crippen molar-refractivity contribution >= 4 is 21.9 Å². The van der Waals surface area contributed by atoms with Crippen LogP contribution in [-0.2, 0) is 17.1 Å². The molecule has 0 bridgehead atoms. The van der Waals surface area contributed by atoms with Crippen molar-refractivity contribution in [3.63, 3.8) is 0 Å². The molecule has 4 heterocycles. The minimum absolute atomic E-state index is 0. The van der Waals surface area contributed by atoms with Crippen LogP contribution in [0.2, 0.25) is 0 Å². The summed E-state index contributed by atoms with van der Waals surface area (Å²) in [5.74, 6) is -1.00. The Hall–Kier alpha value is -6.28. The number of nitrogens with zero attached hydrogens (tertiary/aromatic N) is 2. The van der Waals surface area contributed by atoms with Gasteiger partial charge in [-0.15, -0.1) is 0 Å². The molecule has 9 heteroatoms. The zero-order valence-electron chi connectivity index (χ0n) is 25.9. The third kappa shape index (κ3) is 9.39. The molecule has 241 valence electrons. The number of hydrogen-bond acceptors (Lipinski definition) is 8. The predicted octanol–water partition coefficient (Wildman–Crippen LogP) is 7.23. The van der Waals surface area contributed by atoms with E-state index in [-0.39, 0.29) is 28.6 Å². The van der Waals surface area contributed by atoms with Gasteiger partial charge in [0.15, 0.2) is 10.9 Å². The van der Waals surface area contributed by atoms with Gasteiger partial charge in [-0.2, -0.15) is 0 Å². The Bertz CT molecular complexity index is 2080. The molecular weight excluding hydrogens is 659 g/mol. The molecule has 8 nitrogen and oxygen atoms in total. The van der Waals surface area contributed by atoms with Crippen molar-refractivity contribution in [1.29, 1.82) is 0 Å². The molecular formula is C40H28MnN2O6. The Morgan fingerprint density at radius 1 is 0.408 bits per heavy atom. The Balaban J connectivity index is 0.000000163. The second-order valence-corrected chi connectivity index (χ2v) is 9.95. The summed E-state index contributed by atoms with van der Waals surface area (Å²) in [6, 6.07) is 42.8. The standard InChI is InChI=1S/2C15H10O3.2C5H5N.Mn/c2*16-13-11-8-4-5-9-12(11)18-15(14(13)17)10-6-2-1-3-7-10;2*1-2-4-6-5-3-1;/h2*1-9,17H;2*1-5H;/q;;;;+2/p-2.